The Kier molecular flexibility index (Phi) is 2.28. The number of nitrogens with zero attached hydrogens (tertiary/aromatic N) is 1. The lowest BCUT2D eigenvalue weighted by Crippen LogP contribution is -1.98. The third-order valence-electron chi connectivity index (χ3n) is 1.82. The summed E-state index contributed by atoms with van der Waals surface area (Å²) in [6, 6.07) is 6.80. The molecule has 0 saturated carbocycles. The lowest BCUT2D eigenvalue weighted by atomic mass is 10.1. The van der Waals surface area contributed by atoms with Crippen LogP contribution in [0.3, 0.4) is 0 Å². The van der Waals surface area contributed by atoms with Crippen LogP contribution in [-0.4, -0.2) is 16.1 Å². The average Bonchev–Trinajstić information content (AvgIpc) is 2.70. The smallest absolute Gasteiger partial charge is 0.336 e. The molecule has 2 rings (SSSR count). The molecule has 0 aliphatic heterocycles. The Morgan fingerprint density at radius 1 is 1.43 bits per heavy atom. The van der Waals surface area contributed by atoms with Crippen molar-refractivity contribution in [3.8, 4) is 11.3 Å². The fourth-order valence-corrected chi connectivity index (χ4v) is 1.70. The van der Waals surface area contributed by atoms with Crippen LogP contribution >= 0.6 is 11.3 Å². The SMILES string of the molecule is O=C(O)c1ccccc1-c1cs[c]n1. The highest BCUT2D eigenvalue weighted by Gasteiger charge is 2.11. The highest BCUT2D eigenvalue weighted by atomic mass is 32.1. The first kappa shape index (κ1) is 8.90. The van der Waals surface area contributed by atoms with Crippen molar-refractivity contribution in [2.24, 2.45) is 0 Å². The summed E-state index contributed by atoms with van der Waals surface area (Å²) in [5, 5.41) is 10.7. The van der Waals surface area contributed by atoms with E-state index in [2.05, 4.69) is 10.5 Å². The number of carboxylic acids is 1. The van der Waals surface area contributed by atoms with Gasteiger partial charge in [-0.1, -0.05) is 18.2 Å². The highest BCUT2D eigenvalue weighted by Crippen LogP contribution is 2.22. The number of carbonyl (C=O) groups is 1. The summed E-state index contributed by atoms with van der Waals surface area (Å²) in [6.45, 7) is 0. The molecule has 0 bridgehead atoms. The van der Waals surface area contributed by atoms with Gasteiger partial charge in [0.05, 0.1) is 11.3 Å². The van der Waals surface area contributed by atoms with Crippen molar-refractivity contribution in [2.45, 2.75) is 0 Å². The van der Waals surface area contributed by atoms with E-state index in [0.717, 1.165) is 0 Å². The van der Waals surface area contributed by atoms with Gasteiger partial charge >= 0.3 is 5.97 Å². The molecular weight excluding hydrogens is 198 g/mol. The molecule has 0 unspecified atom stereocenters. The molecule has 1 heterocycles. The second kappa shape index (κ2) is 3.59. The zero-order chi connectivity index (χ0) is 9.97. The second-order valence-electron chi connectivity index (χ2n) is 2.67. The summed E-state index contributed by atoms with van der Waals surface area (Å²) < 4.78 is 0. The summed E-state index contributed by atoms with van der Waals surface area (Å²) in [5.74, 6) is -0.936. The van der Waals surface area contributed by atoms with E-state index < -0.39 is 5.97 Å². The van der Waals surface area contributed by atoms with Crippen molar-refractivity contribution in [2.75, 3.05) is 0 Å². The standard InChI is InChI=1S/C10H6NO2S/c12-10(13)8-4-2-1-3-7(8)9-5-14-6-11-9/h1-5H,(H,12,13). The van der Waals surface area contributed by atoms with E-state index in [4.69, 9.17) is 5.11 Å². The lowest BCUT2D eigenvalue weighted by molar-refractivity contribution is 0.0697. The van der Waals surface area contributed by atoms with E-state index in [9.17, 15) is 4.79 Å². The minimum atomic E-state index is -0.936. The lowest BCUT2D eigenvalue weighted by Gasteiger charge is -2.01. The average molecular weight is 204 g/mol. The van der Waals surface area contributed by atoms with E-state index in [1.807, 2.05) is 0 Å². The number of hydrogen-bond acceptors (Lipinski definition) is 3. The van der Waals surface area contributed by atoms with Crippen LogP contribution in [0.4, 0.5) is 0 Å². The predicted octanol–water partition coefficient (Wildman–Crippen LogP) is 2.31. The Morgan fingerprint density at radius 3 is 2.86 bits per heavy atom. The molecule has 2 aromatic rings. The zero-order valence-corrected chi connectivity index (χ0v) is 7.91. The third-order valence-corrected chi connectivity index (χ3v) is 2.36. The molecule has 0 aliphatic carbocycles. The molecule has 0 atom stereocenters. The van der Waals surface area contributed by atoms with Gasteiger partial charge in [-0.2, -0.15) is 0 Å². The first-order valence-corrected chi connectivity index (χ1v) is 4.81. The summed E-state index contributed by atoms with van der Waals surface area (Å²) in [4.78, 5) is 14.8. The van der Waals surface area contributed by atoms with Gasteiger partial charge in [-0.25, -0.2) is 9.78 Å². The number of aromatic nitrogens is 1. The van der Waals surface area contributed by atoms with Crippen molar-refractivity contribution in [1.29, 1.82) is 0 Å². The van der Waals surface area contributed by atoms with Gasteiger partial charge in [0.2, 0.25) is 0 Å². The summed E-state index contributed by atoms with van der Waals surface area (Å²) >= 11 is 1.33. The minimum absolute atomic E-state index is 0.270. The predicted molar refractivity (Wildman–Crippen MR) is 53.3 cm³/mol. The molecule has 3 nitrogen and oxygen atoms in total. The van der Waals surface area contributed by atoms with Gasteiger partial charge in [-0.05, 0) is 6.07 Å². The van der Waals surface area contributed by atoms with E-state index in [0.29, 0.717) is 11.3 Å². The van der Waals surface area contributed by atoms with Gasteiger partial charge < -0.3 is 5.11 Å². The molecule has 4 heteroatoms. The highest BCUT2D eigenvalue weighted by molar-refractivity contribution is 7.07. The van der Waals surface area contributed by atoms with Crippen LogP contribution in [0.15, 0.2) is 29.6 Å². The van der Waals surface area contributed by atoms with E-state index in [-0.39, 0.29) is 5.56 Å². The van der Waals surface area contributed by atoms with Crippen LogP contribution in [0, 0.1) is 5.51 Å². The Balaban J connectivity index is 2.58. The first-order valence-electron chi connectivity index (χ1n) is 3.93. The van der Waals surface area contributed by atoms with E-state index >= 15 is 0 Å². The molecule has 0 fully saturated rings. The molecule has 1 aromatic heterocycles. The van der Waals surface area contributed by atoms with Crippen LogP contribution in [0.1, 0.15) is 10.4 Å². The number of carboxylic acid groups (broad SMARTS) is 1. The Hall–Kier alpha value is -1.68. The molecule has 0 aliphatic rings. The third kappa shape index (κ3) is 1.52. The van der Waals surface area contributed by atoms with Crippen molar-refractivity contribution in [3.05, 3.63) is 40.7 Å². The summed E-state index contributed by atoms with van der Waals surface area (Å²) in [6.07, 6.45) is 0. The van der Waals surface area contributed by atoms with Gasteiger partial charge in [0.25, 0.3) is 0 Å². The zero-order valence-electron chi connectivity index (χ0n) is 7.10. The van der Waals surface area contributed by atoms with Crippen molar-refractivity contribution in [3.63, 3.8) is 0 Å². The Morgan fingerprint density at radius 2 is 2.21 bits per heavy atom. The normalized spacial score (nSPS) is 10.0. The monoisotopic (exact) mass is 204 g/mol. The fraction of sp³-hybridized carbons (Fsp3) is 0. The van der Waals surface area contributed by atoms with Crippen LogP contribution < -0.4 is 0 Å². The maximum atomic E-state index is 10.9. The molecule has 0 saturated heterocycles. The van der Waals surface area contributed by atoms with Gasteiger partial charge in [-0.3, -0.25) is 0 Å². The first-order chi connectivity index (χ1) is 6.79. The minimum Gasteiger partial charge on any atom is -0.478 e. The van der Waals surface area contributed by atoms with Gasteiger partial charge in [-0.15, -0.1) is 11.3 Å². The molecular formula is C10H6NO2S. The molecule has 1 N–H and O–H groups in total. The maximum Gasteiger partial charge on any atom is 0.336 e. The molecule has 14 heavy (non-hydrogen) atoms. The molecule has 1 aromatic carbocycles. The Bertz CT molecular complexity index is 451. The molecule has 0 amide bonds. The summed E-state index contributed by atoms with van der Waals surface area (Å²) in [5.41, 5.74) is 4.26. The van der Waals surface area contributed by atoms with Crippen LogP contribution in [0.25, 0.3) is 11.3 Å². The quantitative estimate of drug-likeness (QED) is 0.816. The molecule has 69 valence electrons. The van der Waals surface area contributed by atoms with Crippen LogP contribution in [0.2, 0.25) is 0 Å². The van der Waals surface area contributed by atoms with Crippen LogP contribution in [0.5, 0.6) is 0 Å². The van der Waals surface area contributed by atoms with Gasteiger partial charge in [0.1, 0.15) is 0 Å². The number of hydrogen-bond donors (Lipinski definition) is 1. The van der Waals surface area contributed by atoms with Gasteiger partial charge in [0, 0.05) is 10.9 Å². The van der Waals surface area contributed by atoms with Crippen molar-refractivity contribution in [1.82, 2.24) is 4.98 Å². The summed E-state index contributed by atoms with van der Waals surface area (Å²) in [7, 11) is 0. The van der Waals surface area contributed by atoms with Gasteiger partial charge in [0.15, 0.2) is 5.51 Å². The van der Waals surface area contributed by atoms with E-state index in [1.165, 1.54) is 11.3 Å². The fourth-order valence-electron chi connectivity index (χ4n) is 1.20. The largest absolute Gasteiger partial charge is 0.478 e. The van der Waals surface area contributed by atoms with E-state index in [1.54, 1.807) is 29.6 Å². The number of thiazole rings is 1. The number of rotatable bonds is 2. The van der Waals surface area contributed by atoms with Crippen molar-refractivity contribution < 1.29 is 9.90 Å². The number of benzene rings is 1. The Labute approximate surface area is 84.7 Å². The topological polar surface area (TPSA) is 50.2 Å². The van der Waals surface area contributed by atoms with Crippen LogP contribution in [-0.2, 0) is 0 Å². The molecule has 0 spiro atoms. The number of aromatic carboxylic acids is 1. The molecule has 1 radical (unpaired) electrons. The second-order valence-corrected chi connectivity index (χ2v) is 3.33. The van der Waals surface area contributed by atoms with Crippen molar-refractivity contribution >= 4 is 17.3 Å². The maximum absolute atomic E-state index is 10.9.